The Morgan fingerprint density at radius 2 is 0.882 bits per heavy atom. The highest BCUT2D eigenvalue weighted by Crippen LogP contribution is 2.59. The molecule has 0 saturated heterocycles. The molecule has 0 radical (unpaired) electrons. The third-order valence-electron chi connectivity index (χ3n) is 15.3. The standard InChI is InChI=1S/C47H83NO3/c1-5-34-24-38(34)28-42-32-44(42)30-40-26-36(40)18-13-9-7-11-15-20-46(51-47(49)50-23-17-22-48(3)4)21-16-12-8-10-14-19-37-27-41(37)31-45-33-43(45)29-39-25-35(39)6-2/h34-46H,5-33H2,1-4H3. The molecule has 0 heterocycles. The van der Waals surface area contributed by atoms with Gasteiger partial charge in [0.05, 0.1) is 6.61 Å². The predicted molar refractivity (Wildman–Crippen MR) is 213 cm³/mol. The van der Waals surface area contributed by atoms with Gasteiger partial charge >= 0.3 is 6.16 Å². The maximum absolute atomic E-state index is 12.5. The van der Waals surface area contributed by atoms with Crippen molar-refractivity contribution >= 4 is 6.16 Å². The van der Waals surface area contributed by atoms with Gasteiger partial charge < -0.3 is 14.4 Å². The highest BCUT2D eigenvalue weighted by molar-refractivity contribution is 5.60. The van der Waals surface area contributed by atoms with Crippen LogP contribution in [-0.2, 0) is 9.47 Å². The minimum Gasteiger partial charge on any atom is -0.434 e. The molecule has 0 N–H and O–H groups in total. The van der Waals surface area contributed by atoms with Gasteiger partial charge in [-0.05, 0) is 181 Å². The molecule has 4 heteroatoms. The van der Waals surface area contributed by atoms with Gasteiger partial charge in [-0.2, -0.15) is 0 Å². The lowest BCUT2D eigenvalue weighted by molar-refractivity contribution is 0.0150. The second-order valence-electron chi connectivity index (χ2n) is 20.0. The zero-order chi connectivity index (χ0) is 35.6. The first kappa shape index (κ1) is 39.9. The van der Waals surface area contributed by atoms with Gasteiger partial charge in [0, 0.05) is 6.54 Å². The van der Waals surface area contributed by atoms with Crippen LogP contribution in [0, 0.1) is 71.0 Å². The van der Waals surface area contributed by atoms with Gasteiger partial charge in [0.25, 0.3) is 0 Å². The summed E-state index contributed by atoms with van der Waals surface area (Å²) in [7, 11) is 4.11. The quantitative estimate of drug-likeness (QED) is 0.0531. The molecule has 0 amide bonds. The van der Waals surface area contributed by atoms with Crippen molar-refractivity contribution in [2.45, 2.75) is 193 Å². The van der Waals surface area contributed by atoms with Crippen LogP contribution >= 0.6 is 0 Å². The zero-order valence-corrected chi connectivity index (χ0v) is 34.2. The van der Waals surface area contributed by atoms with Crippen molar-refractivity contribution in [1.29, 1.82) is 0 Å². The van der Waals surface area contributed by atoms with Crippen molar-refractivity contribution in [3.05, 3.63) is 0 Å². The molecular formula is C47H83NO3. The Labute approximate surface area is 316 Å². The lowest BCUT2D eigenvalue weighted by Gasteiger charge is -2.18. The minimum atomic E-state index is -0.442. The molecule has 6 saturated carbocycles. The number of nitrogens with zero attached hydrogens (tertiary/aromatic N) is 1. The van der Waals surface area contributed by atoms with Crippen molar-refractivity contribution in [3.8, 4) is 0 Å². The maximum Gasteiger partial charge on any atom is 0.508 e. The van der Waals surface area contributed by atoms with Gasteiger partial charge in [-0.1, -0.05) is 90.9 Å². The van der Waals surface area contributed by atoms with Gasteiger partial charge in [-0.15, -0.1) is 0 Å². The summed E-state index contributed by atoms with van der Waals surface area (Å²) < 4.78 is 11.4. The molecule has 4 nitrogen and oxygen atoms in total. The second-order valence-corrected chi connectivity index (χ2v) is 20.0. The summed E-state index contributed by atoms with van der Waals surface area (Å²) in [5.41, 5.74) is 0. The van der Waals surface area contributed by atoms with Crippen molar-refractivity contribution in [1.82, 2.24) is 4.90 Å². The van der Waals surface area contributed by atoms with E-state index in [0.29, 0.717) is 6.61 Å². The summed E-state index contributed by atoms with van der Waals surface area (Å²) in [6.45, 7) is 6.15. The average molecular weight is 710 g/mol. The van der Waals surface area contributed by atoms with E-state index in [1.165, 1.54) is 103 Å². The number of carbonyl (C=O) groups excluding carboxylic acids is 1. The van der Waals surface area contributed by atoms with Crippen LogP contribution in [0.15, 0.2) is 0 Å². The number of carbonyl (C=O) groups is 1. The van der Waals surface area contributed by atoms with E-state index in [9.17, 15) is 4.79 Å². The number of hydrogen-bond acceptors (Lipinski definition) is 4. The Morgan fingerprint density at radius 1 is 0.510 bits per heavy atom. The average Bonchev–Trinajstić information content (AvgIpc) is 3.90. The Kier molecular flexibility index (Phi) is 15.8. The molecule has 294 valence electrons. The molecule has 6 fully saturated rings. The molecule has 0 aromatic carbocycles. The number of unbranched alkanes of at least 4 members (excludes halogenated alkanes) is 8. The molecule has 0 bridgehead atoms. The normalized spacial score (nSPS) is 36.2. The van der Waals surface area contributed by atoms with Crippen LogP contribution in [0.3, 0.4) is 0 Å². The predicted octanol–water partition coefficient (Wildman–Crippen LogP) is 13.1. The van der Waals surface area contributed by atoms with E-state index in [2.05, 4.69) is 32.8 Å². The molecule has 0 aliphatic heterocycles. The summed E-state index contributed by atoms with van der Waals surface area (Å²) in [5, 5.41) is 0. The van der Waals surface area contributed by atoms with E-state index in [0.717, 1.165) is 96.8 Å². The fourth-order valence-corrected chi connectivity index (χ4v) is 11.0. The summed E-state index contributed by atoms with van der Waals surface area (Å²) in [6, 6.07) is 0. The number of hydrogen-bond donors (Lipinski definition) is 0. The Bertz CT molecular complexity index is 949. The molecule has 6 aliphatic rings. The monoisotopic (exact) mass is 710 g/mol. The maximum atomic E-state index is 12.5. The van der Waals surface area contributed by atoms with Crippen molar-refractivity contribution in [2.75, 3.05) is 27.2 Å². The number of rotatable bonds is 31. The first-order valence-corrected chi connectivity index (χ1v) is 23.4. The van der Waals surface area contributed by atoms with Crippen molar-refractivity contribution < 1.29 is 14.3 Å². The first-order valence-electron chi connectivity index (χ1n) is 23.4. The van der Waals surface area contributed by atoms with Crippen LogP contribution in [0.4, 0.5) is 4.79 Å². The molecule has 12 unspecified atom stereocenters. The van der Waals surface area contributed by atoms with Crippen LogP contribution < -0.4 is 0 Å². The lowest BCUT2D eigenvalue weighted by Crippen LogP contribution is -2.21. The number of ether oxygens (including phenoxy) is 2. The van der Waals surface area contributed by atoms with Gasteiger partial charge in [0.1, 0.15) is 6.10 Å². The molecular weight excluding hydrogens is 627 g/mol. The van der Waals surface area contributed by atoms with E-state index in [-0.39, 0.29) is 6.10 Å². The van der Waals surface area contributed by atoms with Gasteiger partial charge in [-0.25, -0.2) is 4.79 Å². The third kappa shape index (κ3) is 14.8. The van der Waals surface area contributed by atoms with Crippen molar-refractivity contribution in [3.63, 3.8) is 0 Å². The third-order valence-corrected chi connectivity index (χ3v) is 15.3. The van der Waals surface area contributed by atoms with Crippen molar-refractivity contribution in [2.24, 2.45) is 71.0 Å². The fourth-order valence-electron chi connectivity index (χ4n) is 11.0. The summed E-state index contributed by atoms with van der Waals surface area (Å²) in [6.07, 6.45) is 37.1. The fraction of sp³-hybridized carbons (Fsp3) is 0.979. The molecule has 51 heavy (non-hydrogen) atoms. The van der Waals surface area contributed by atoms with Gasteiger partial charge in [-0.3, -0.25) is 0 Å². The second kappa shape index (κ2) is 20.2. The first-order chi connectivity index (χ1) is 24.9. The van der Waals surface area contributed by atoms with Crippen LogP contribution in [0.25, 0.3) is 0 Å². The topological polar surface area (TPSA) is 38.8 Å². The van der Waals surface area contributed by atoms with Gasteiger partial charge in [0.2, 0.25) is 0 Å². The zero-order valence-electron chi connectivity index (χ0n) is 34.2. The summed E-state index contributed by atoms with van der Waals surface area (Å²) in [5.74, 6) is 13.2. The van der Waals surface area contributed by atoms with E-state index in [4.69, 9.17) is 9.47 Å². The largest absolute Gasteiger partial charge is 0.508 e. The van der Waals surface area contributed by atoms with Crippen LogP contribution in [0.1, 0.15) is 187 Å². The lowest BCUT2D eigenvalue weighted by atomic mass is 10.0. The smallest absolute Gasteiger partial charge is 0.434 e. The summed E-state index contributed by atoms with van der Waals surface area (Å²) in [4.78, 5) is 14.6. The molecule has 0 aromatic heterocycles. The molecule has 6 aliphatic carbocycles. The van der Waals surface area contributed by atoms with E-state index >= 15 is 0 Å². The SMILES string of the molecule is CCC1CC1CC1CC1CC1CC1CCCCCCCC(CCCCCCCC1CC1CC1CC1CC1CC1CC)OC(=O)OCCCN(C)C. The Morgan fingerprint density at radius 3 is 1.31 bits per heavy atom. The molecule has 0 spiro atoms. The molecule has 0 aromatic rings. The molecule has 6 rings (SSSR count). The highest BCUT2D eigenvalue weighted by atomic mass is 16.7. The molecule has 12 atom stereocenters. The minimum absolute atomic E-state index is 0.0313. The van der Waals surface area contributed by atoms with Crippen LogP contribution in [-0.4, -0.2) is 44.4 Å². The Balaban J connectivity index is 0.750. The Hall–Kier alpha value is -0.770. The van der Waals surface area contributed by atoms with E-state index < -0.39 is 6.16 Å². The van der Waals surface area contributed by atoms with Crippen LogP contribution in [0.5, 0.6) is 0 Å². The van der Waals surface area contributed by atoms with Gasteiger partial charge in [0.15, 0.2) is 0 Å². The summed E-state index contributed by atoms with van der Waals surface area (Å²) >= 11 is 0. The van der Waals surface area contributed by atoms with Crippen LogP contribution in [0.2, 0.25) is 0 Å². The highest BCUT2D eigenvalue weighted by Gasteiger charge is 2.49. The van der Waals surface area contributed by atoms with E-state index in [1.54, 1.807) is 51.4 Å². The van der Waals surface area contributed by atoms with E-state index in [1.807, 2.05) is 0 Å².